The fraction of sp³-hybridized carbons (Fsp3) is 0.0714. The van der Waals surface area contributed by atoms with Crippen LogP contribution in [-0.4, -0.2) is 30.8 Å². The van der Waals surface area contributed by atoms with Crippen molar-refractivity contribution in [1.82, 2.24) is 24.7 Å². The summed E-state index contributed by atoms with van der Waals surface area (Å²) in [7, 11) is 0. The molecule has 0 aliphatic heterocycles. The van der Waals surface area contributed by atoms with Gasteiger partial charge in [-0.1, -0.05) is 0 Å². The van der Waals surface area contributed by atoms with Crippen LogP contribution in [0.3, 0.4) is 0 Å². The SMILES string of the molecule is O=C(Nc1ccc(C(F)(F)F)cc1)Nc1cc(-n2cncn2)ncn1. The van der Waals surface area contributed by atoms with Gasteiger partial charge in [0.1, 0.15) is 24.8 Å². The highest BCUT2D eigenvalue weighted by molar-refractivity contribution is 5.99. The number of urea groups is 1. The predicted octanol–water partition coefficient (Wildman–Crippen LogP) is 2.72. The number of nitrogens with one attached hydrogen (secondary N) is 2. The van der Waals surface area contributed by atoms with Crippen molar-refractivity contribution in [3.63, 3.8) is 0 Å². The van der Waals surface area contributed by atoms with Gasteiger partial charge in [0.05, 0.1) is 5.56 Å². The molecule has 2 N–H and O–H groups in total. The molecular formula is C14H10F3N7O. The number of carbonyl (C=O) groups is 1. The van der Waals surface area contributed by atoms with E-state index in [4.69, 9.17) is 0 Å². The molecule has 0 aliphatic rings. The summed E-state index contributed by atoms with van der Waals surface area (Å²) < 4.78 is 38.9. The van der Waals surface area contributed by atoms with Crippen LogP contribution in [0.1, 0.15) is 5.56 Å². The second-order valence-corrected chi connectivity index (χ2v) is 4.76. The highest BCUT2D eigenvalue weighted by Gasteiger charge is 2.29. The fourth-order valence-electron chi connectivity index (χ4n) is 1.89. The lowest BCUT2D eigenvalue weighted by molar-refractivity contribution is -0.137. The van der Waals surface area contributed by atoms with Gasteiger partial charge in [0.2, 0.25) is 0 Å². The van der Waals surface area contributed by atoms with Crippen molar-refractivity contribution in [2.24, 2.45) is 0 Å². The zero-order valence-corrected chi connectivity index (χ0v) is 12.4. The number of nitrogens with zero attached hydrogens (tertiary/aromatic N) is 5. The van der Waals surface area contributed by atoms with Crippen LogP contribution in [0.2, 0.25) is 0 Å². The fourth-order valence-corrected chi connectivity index (χ4v) is 1.89. The minimum Gasteiger partial charge on any atom is -0.308 e. The second kappa shape index (κ2) is 6.55. The van der Waals surface area contributed by atoms with Crippen LogP contribution in [0.4, 0.5) is 29.5 Å². The molecule has 3 rings (SSSR count). The van der Waals surface area contributed by atoms with Crippen LogP contribution in [0.25, 0.3) is 5.82 Å². The van der Waals surface area contributed by atoms with Crippen LogP contribution >= 0.6 is 0 Å². The van der Waals surface area contributed by atoms with Crippen LogP contribution in [0.5, 0.6) is 0 Å². The molecule has 0 saturated heterocycles. The molecular weight excluding hydrogens is 339 g/mol. The van der Waals surface area contributed by atoms with Crippen LogP contribution in [0, 0.1) is 0 Å². The van der Waals surface area contributed by atoms with E-state index in [1.807, 2.05) is 0 Å². The summed E-state index contributed by atoms with van der Waals surface area (Å²) in [5.41, 5.74) is -0.595. The smallest absolute Gasteiger partial charge is 0.308 e. The Kier molecular flexibility index (Phi) is 4.29. The number of hydrogen-bond donors (Lipinski definition) is 2. The van der Waals surface area contributed by atoms with E-state index < -0.39 is 17.8 Å². The second-order valence-electron chi connectivity index (χ2n) is 4.76. The first-order valence-electron chi connectivity index (χ1n) is 6.84. The number of anilines is 2. The summed E-state index contributed by atoms with van der Waals surface area (Å²) in [5, 5.41) is 8.76. The largest absolute Gasteiger partial charge is 0.416 e. The number of rotatable bonds is 3. The lowest BCUT2D eigenvalue weighted by Gasteiger charge is -2.09. The summed E-state index contributed by atoms with van der Waals surface area (Å²) in [5.74, 6) is 0.572. The molecule has 128 valence electrons. The molecule has 3 aromatic rings. The Morgan fingerprint density at radius 2 is 1.80 bits per heavy atom. The molecule has 1 aromatic carbocycles. The van der Waals surface area contributed by atoms with Gasteiger partial charge in [0.25, 0.3) is 0 Å². The number of aromatic nitrogens is 5. The van der Waals surface area contributed by atoms with Gasteiger partial charge in [-0.15, -0.1) is 0 Å². The van der Waals surface area contributed by atoms with Crippen molar-refractivity contribution in [2.75, 3.05) is 10.6 Å². The number of carbonyl (C=O) groups excluding carboxylic acids is 1. The molecule has 0 aliphatic carbocycles. The average molecular weight is 349 g/mol. The zero-order chi connectivity index (χ0) is 17.9. The van der Waals surface area contributed by atoms with Crippen molar-refractivity contribution < 1.29 is 18.0 Å². The third-order valence-electron chi connectivity index (χ3n) is 3.02. The number of halogens is 3. The summed E-state index contributed by atoms with van der Waals surface area (Å²) in [6.45, 7) is 0. The van der Waals surface area contributed by atoms with Crippen molar-refractivity contribution >= 4 is 17.5 Å². The summed E-state index contributed by atoms with van der Waals surface area (Å²) in [6.07, 6.45) is -0.453. The highest BCUT2D eigenvalue weighted by Crippen LogP contribution is 2.29. The number of benzene rings is 1. The monoisotopic (exact) mass is 349 g/mol. The molecule has 2 aromatic heterocycles. The number of amides is 2. The van der Waals surface area contributed by atoms with Crippen LogP contribution in [0.15, 0.2) is 49.3 Å². The molecule has 2 heterocycles. The van der Waals surface area contributed by atoms with E-state index in [2.05, 4.69) is 30.7 Å². The van der Waals surface area contributed by atoms with Gasteiger partial charge >= 0.3 is 12.2 Å². The Morgan fingerprint density at radius 3 is 2.44 bits per heavy atom. The zero-order valence-electron chi connectivity index (χ0n) is 12.4. The molecule has 11 heteroatoms. The molecule has 25 heavy (non-hydrogen) atoms. The van der Waals surface area contributed by atoms with Crippen LogP contribution in [-0.2, 0) is 6.18 Å². The molecule has 8 nitrogen and oxygen atoms in total. The van der Waals surface area contributed by atoms with Crippen molar-refractivity contribution in [3.05, 3.63) is 54.9 Å². The Hall–Kier alpha value is -3.50. The minimum absolute atomic E-state index is 0.185. The highest BCUT2D eigenvalue weighted by atomic mass is 19.4. The van der Waals surface area contributed by atoms with Gasteiger partial charge in [-0.3, -0.25) is 5.32 Å². The minimum atomic E-state index is -4.43. The Bertz CT molecular complexity index is 863. The maximum atomic E-state index is 12.5. The maximum absolute atomic E-state index is 12.5. The van der Waals surface area contributed by atoms with Gasteiger partial charge in [0.15, 0.2) is 5.82 Å². The van der Waals surface area contributed by atoms with E-state index in [9.17, 15) is 18.0 Å². The Labute approximate surface area is 138 Å². The predicted molar refractivity (Wildman–Crippen MR) is 81.0 cm³/mol. The van der Waals surface area contributed by atoms with Crippen molar-refractivity contribution in [3.8, 4) is 5.82 Å². The van der Waals surface area contributed by atoms with Gasteiger partial charge in [-0.05, 0) is 24.3 Å². The molecule has 0 fully saturated rings. The maximum Gasteiger partial charge on any atom is 0.416 e. The van der Waals surface area contributed by atoms with E-state index in [1.54, 1.807) is 0 Å². The first-order chi connectivity index (χ1) is 11.9. The lowest BCUT2D eigenvalue weighted by Crippen LogP contribution is -2.20. The van der Waals surface area contributed by atoms with E-state index in [0.717, 1.165) is 24.3 Å². The van der Waals surface area contributed by atoms with Crippen molar-refractivity contribution in [2.45, 2.75) is 6.18 Å². The molecule has 0 spiro atoms. The Morgan fingerprint density at radius 1 is 1.04 bits per heavy atom. The van der Waals surface area contributed by atoms with Gasteiger partial charge in [-0.25, -0.2) is 24.4 Å². The summed E-state index contributed by atoms with van der Waals surface area (Å²) >= 11 is 0. The number of hydrogen-bond acceptors (Lipinski definition) is 5. The topological polar surface area (TPSA) is 97.6 Å². The molecule has 0 atom stereocenters. The quantitative estimate of drug-likeness (QED) is 0.758. The van der Waals surface area contributed by atoms with E-state index >= 15 is 0 Å². The van der Waals surface area contributed by atoms with Crippen LogP contribution < -0.4 is 10.6 Å². The number of alkyl halides is 3. The molecule has 2 amide bonds. The van der Waals surface area contributed by atoms with E-state index in [1.165, 1.54) is 29.7 Å². The molecule has 0 saturated carbocycles. The molecule has 0 radical (unpaired) electrons. The van der Waals surface area contributed by atoms with Gasteiger partial charge in [-0.2, -0.15) is 18.3 Å². The summed E-state index contributed by atoms with van der Waals surface area (Å²) in [6, 6.07) is 4.86. The summed E-state index contributed by atoms with van der Waals surface area (Å²) in [4.78, 5) is 23.6. The first-order valence-corrected chi connectivity index (χ1v) is 6.84. The third kappa shape index (κ3) is 4.07. The normalized spacial score (nSPS) is 11.2. The van der Waals surface area contributed by atoms with Gasteiger partial charge < -0.3 is 5.32 Å². The van der Waals surface area contributed by atoms with E-state index in [-0.39, 0.29) is 11.5 Å². The Balaban J connectivity index is 1.66. The first kappa shape index (κ1) is 16.4. The average Bonchev–Trinajstić information content (AvgIpc) is 3.09. The molecule has 0 bridgehead atoms. The lowest BCUT2D eigenvalue weighted by atomic mass is 10.2. The van der Waals surface area contributed by atoms with E-state index in [0.29, 0.717) is 5.82 Å². The van der Waals surface area contributed by atoms with Crippen molar-refractivity contribution in [1.29, 1.82) is 0 Å². The van der Waals surface area contributed by atoms with Gasteiger partial charge in [0, 0.05) is 11.8 Å². The standard InChI is InChI=1S/C14H10F3N7O/c15-14(16,17)9-1-3-10(4-2-9)22-13(25)23-11-5-12(20-7-19-11)24-8-18-6-21-24/h1-8H,(H2,19,20,22,23,25). The molecule has 0 unspecified atom stereocenters. The third-order valence-corrected chi connectivity index (χ3v) is 3.02.